The quantitative estimate of drug-likeness (QED) is 0.775. The molecule has 2 heterocycles. The zero-order valence-electron chi connectivity index (χ0n) is 12.7. The normalized spacial score (nSPS) is 24.7. The van der Waals surface area contributed by atoms with Gasteiger partial charge in [-0.15, -0.1) is 0 Å². The molecule has 1 atom stereocenters. The first-order valence-corrected chi connectivity index (χ1v) is 11.0. The third-order valence-corrected chi connectivity index (χ3v) is 8.39. The summed E-state index contributed by atoms with van der Waals surface area (Å²) in [6, 6.07) is 5.89. The van der Waals surface area contributed by atoms with Crippen molar-refractivity contribution in [2.75, 3.05) is 37.7 Å². The molecule has 1 unspecified atom stereocenters. The summed E-state index contributed by atoms with van der Waals surface area (Å²) >= 11 is 5.42. The molecular formula is C15H21BrN2O2S2. The average molecular weight is 405 g/mol. The lowest BCUT2D eigenvalue weighted by Gasteiger charge is -2.37. The maximum Gasteiger partial charge on any atom is 0.243 e. The molecule has 0 saturated carbocycles. The lowest BCUT2D eigenvalue weighted by atomic mass is 10.2. The molecule has 2 aliphatic heterocycles. The topological polar surface area (TPSA) is 40.6 Å². The molecule has 2 aliphatic rings. The van der Waals surface area contributed by atoms with E-state index in [-0.39, 0.29) is 0 Å². The van der Waals surface area contributed by atoms with Crippen LogP contribution in [0.5, 0.6) is 0 Å². The number of sulfonamides is 1. The molecule has 2 saturated heterocycles. The van der Waals surface area contributed by atoms with E-state index in [0.29, 0.717) is 24.0 Å². The van der Waals surface area contributed by atoms with E-state index in [1.165, 1.54) is 17.9 Å². The van der Waals surface area contributed by atoms with Crippen LogP contribution in [-0.2, 0) is 10.0 Å². The van der Waals surface area contributed by atoms with Crippen molar-refractivity contribution in [1.82, 2.24) is 9.21 Å². The second-order valence-corrected chi connectivity index (χ2v) is 9.81. The van der Waals surface area contributed by atoms with Gasteiger partial charge in [-0.3, -0.25) is 4.90 Å². The highest BCUT2D eigenvalue weighted by molar-refractivity contribution is 9.10. The van der Waals surface area contributed by atoms with Gasteiger partial charge in [0.15, 0.2) is 0 Å². The van der Waals surface area contributed by atoms with E-state index in [2.05, 4.69) is 20.8 Å². The van der Waals surface area contributed by atoms with Gasteiger partial charge in [-0.05, 0) is 42.9 Å². The van der Waals surface area contributed by atoms with Crippen molar-refractivity contribution in [3.8, 4) is 0 Å². The van der Waals surface area contributed by atoms with Gasteiger partial charge in [0.2, 0.25) is 10.0 Å². The first kappa shape index (κ1) is 16.8. The van der Waals surface area contributed by atoms with Gasteiger partial charge in [-0.2, -0.15) is 16.1 Å². The van der Waals surface area contributed by atoms with Crippen molar-refractivity contribution in [3.05, 3.63) is 28.2 Å². The van der Waals surface area contributed by atoms with E-state index in [1.54, 1.807) is 16.4 Å². The molecule has 2 fully saturated rings. The third-order valence-electron chi connectivity index (χ3n) is 4.46. The Kier molecular flexibility index (Phi) is 5.19. The van der Waals surface area contributed by atoms with E-state index < -0.39 is 10.0 Å². The molecule has 1 aromatic rings. The SMILES string of the molecule is Cc1cc(S(=O)(=O)N2CCN(C3CCSC3)CC2)ccc1Br. The van der Waals surface area contributed by atoms with Gasteiger partial charge < -0.3 is 0 Å². The Morgan fingerprint density at radius 2 is 1.95 bits per heavy atom. The van der Waals surface area contributed by atoms with Gasteiger partial charge in [-0.1, -0.05) is 15.9 Å². The second kappa shape index (κ2) is 6.81. The van der Waals surface area contributed by atoms with Crippen LogP contribution >= 0.6 is 27.7 Å². The average Bonchev–Trinajstić information content (AvgIpc) is 3.04. The number of hydrogen-bond acceptors (Lipinski definition) is 4. The highest BCUT2D eigenvalue weighted by atomic mass is 79.9. The molecule has 0 radical (unpaired) electrons. The van der Waals surface area contributed by atoms with Crippen LogP contribution in [0.4, 0.5) is 0 Å². The molecule has 0 aromatic heterocycles. The van der Waals surface area contributed by atoms with Crippen molar-refractivity contribution in [2.24, 2.45) is 0 Å². The summed E-state index contributed by atoms with van der Waals surface area (Å²) in [5.41, 5.74) is 0.947. The number of halogens is 1. The summed E-state index contributed by atoms with van der Waals surface area (Å²) in [6.45, 7) is 4.80. The molecule has 0 aliphatic carbocycles. The number of nitrogens with zero attached hydrogens (tertiary/aromatic N) is 2. The zero-order chi connectivity index (χ0) is 15.7. The summed E-state index contributed by atoms with van der Waals surface area (Å²) in [5, 5.41) is 0. The number of benzene rings is 1. The molecular weight excluding hydrogens is 384 g/mol. The summed E-state index contributed by atoms with van der Waals surface area (Å²) < 4.78 is 28.1. The number of piperazine rings is 1. The maximum absolute atomic E-state index is 12.8. The van der Waals surface area contributed by atoms with Crippen LogP contribution in [0.25, 0.3) is 0 Å². The summed E-state index contributed by atoms with van der Waals surface area (Å²) in [6.07, 6.45) is 1.24. The van der Waals surface area contributed by atoms with Gasteiger partial charge in [-0.25, -0.2) is 8.42 Å². The molecule has 4 nitrogen and oxygen atoms in total. The first-order valence-electron chi connectivity index (χ1n) is 7.56. The fraction of sp³-hybridized carbons (Fsp3) is 0.600. The van der Waals surface area contributed by atoms with Crippen molar-refractivity contribution in [3.63, 3.8) is 0 Å². The van der Waals surface area contributed by atoms with Gasteiger partial charge >= 0.3 is 0 Å². The maximum atomic E-state index is 12.8. The van der Waals surface area contributed by atoms with E-state index in [4.69, 9.17) is 0 Å². The van der Waals surface area contributed by atoms with E-state index >= 15 is 0 Å². The van der Waals surface area contributed by atoms with Crippen molar-refractivity contribution >= 4 is 37.7 Å². The zero-order valence-corrected chi connectivity index (χ0v) is 15.9. The largest absolute Gasteiger partial charge is 0.297 e. The minimum absolute atomic E-state index is 0.401. The van der Waals surface area contributed by atoms with Crippen LogP contribution in [0, 0.1) is 6.92 Å². The third kappa shape index (κ3) is 3.38. The lowest BCUT2D eigenvalue weighted by Crippen LogP contribution is -2.51. The van der Waals surface area contributed by atoms with E-state index in [0.717, 1.165) is 23.1 Å². The lowest BCUT2D eigenvalue weighted by molar-refractivity contribution is 0.148. The Morgan fingerprint density at radius 1 is 1.23 bits per heavy atom. The standard InChI is InChI=1S/C15H21BrN2O2S2/c1-12-10-14(2-3-15(12)16)22(19,20)18-7-5-17(6-8-18)13-4-9-21-11-13/h2-3,10,13H,4-9,11H2,1H3. The Hall–Kier alpha value is -0.0800. The van der Waals surface area contributed by atoms with Gasteiger partial charge in [0.25, 0.3) is 0 Å². The van der Waals surface area contributed by atoms with Gasteiger partial charge in [0.1, 0.15) is 0 Å². The molecule has 0 N–H and O–H groups in total. The molecule has 0 spiro atoms. The minimum atomic E-state index is -3.37. The molecule has 122 valence electrons. The van der Waals surface area contributed by atoms with Crippen LogP contribution in [0.2, 0.25) is 0 Å². The Labute approximate surface area is 145 Å². The molecule has 3 rings (SSSR count). The predicted octanol–water partition coefficient (Wildman–Crippen LogP) is 2.57. The van der Waals surface area contributed by atoms with Crippen molar-refractivity contribution < 1.29 is 8.42 Å². The summed E-state index contributed by atoms with van der Waals surface area (Å²) in [4.78, 5) is 2.86. The second-order valence-electron chi connectivity index (χ2n) is 5.87. The predicted molar refractivity (Wildman–Crippen MR) is 94.9 cm³/mol. The number of thioether (sulfide) groups is 1. The molecule has 7 heteroatoms. The van der Waals surface area contributed by atoms with Gasteiger partial charge in [0.05, 0.1) is 4.90 Å². The number of rotatable bonds is 3. The Bertz CT molecular complexity index is 637. The Morgan fingerprint density at radius 3 is 2.55 bits per heavy atom. The first-order chi connectivity index (χ1) is 10.5. The fourth-order valence-electron chi connectivity index (χ4n) is 3.05. The molecule has 0 bridgehead atoms. The van der Waals surface area contributed by atoms with E-state index in [1.807, 2.05) is 24.8 Å². The number of aryl methyl sites for hydroxylation is 1. The highest BCUT2D eigenvalue weighted by Crippen LogP contribution is 2.26. The summed E-state index contributed by atoms with van der Waals surface area (Å²) in [7, 11) is -3.37. The fourth-order valence-corrected chi connectivity index (χ4v) is 6.06. The van der Waals surface area contributed by atoms with E-state index in [9.17, 15) is 8.42 Å². The molecule has 22 heavy (non-hydrogen) atoms. The van der Waals surface area contributed by atoms with Crippen LogP contribution in [0.3, 0.4) is 0 Å². The smallest absolute Gasteiger partial charge is 0.243 e. The van der Waals surface area contributed by atoms with Crippen LogP contribution in [-0.4, -0.2) is 61.3 Å². The van der Waals surface area contributed by atoms with Crippen molar-refractivity contribution in [2.45, 2.75) is 24.3 Å². The number of hydrogen-bond donors (Lipinski definition) is 0. The highest BCUT2D eigenvalue weighted by Gasteiger charge is 2.32. The summed E-state index contributed by atoms with van der Waals surface area (Å²) in [5.74, 6) is 2.43. The van der Waals surface area contributed by atoms with Crippen LogP contribution in [0.15, 0.2) is 27.6 Å². The molecule has 1 aromatic carbocycles. The Balaban J connectivity index is 1.70. The van der Waals surface area contributed by atoms with Crippen molar-refractivity contribution in [1.29, 1.82) is 0 Å². The van der Waals surface area contributed by atoms with Crippen LogP contribution < -0.4 is 0 Å². The minimum Gasteiger partial charge on any atom is -0.297 e. The van der Waals surface area contributed by atoms with Gasteiger partial charge in [0, 0.05) is 42.4 Å². The molecule has 0 amide bonds. The van der Waals surface area contributed by atoms with Crippen LogP contribution in [0.1, 0.15) is 12.0 Å². The monoisotopic (exact) mass is 404 g/mol.